The van der Waals surface area contributed by atoms with Crippen molar-refractivity contribution in [1.29, 1.82) is 0 Å². The van der Waals surface area contributed by atoms with E-state index >= 15 is 0 Å². The Morgan fingerprint density at radius 2 is 2.11 bits per heavy atom. The van der Waals surface area contributed by atoms with Crippen LogP contribution in [0.1, 0.15) is 45.7 Å². The Bertz CT molecular complexity index is 411. The second-order valence-electron chi connectivity index (χ2n) is 6.64. The van der Waals surface area contributed by atoms with Crippen molar-refractivity contribution in [3.8, 4) is 0 Å². The Morgan fingerprint density at radius 1 is 1.32 bits per heavy atom. The van der Waals surface area contributed by atoms with Crippen molar-refractivity contribution in [1.82, 2.24) is 4.98 Å². The maximum Gasteiger partial charge on any atom is 0.0853 e. The van der Waals surface area contributed by atoms with Crippen LogP contribution in [0.5, 0.6) is 0 Å². The van der Waals surface area contributed by atoms with Gasteiger partial charge in [-0.15, -0.1) is 0 Å². The minimum atomic E-state index is 0.0201. The van der Waals surface area contributed by atoms with E-state index in [1.807, 2.05) is 6.07 Å². The molecule has 1 aromatic rings. The minimum Gasteiger partial charge on any atom is -0.390 e. The summed E-state index contributed by atoms with van der Waals surface area (Å²) in [6, 6.07) is 4.06. The zero-order valence-electron chi connectivity index (χ0n) is 12.4. The van der Waals surface area contributed by atoms with Gasteiger partial charge in [-0.3, -0.25) is 4.98 Å². The molecule has 0 radical (unpaired) electrons. The second-order valence-corrected chi connectivity index (χ2v) is 6.64. The van der Waals surface area contributed by atoms with E-state index in [4.69, 9.17) is 0 Å². The lowest BCUT2D eigenvalue weighted by Gasteiger charge is -2.30. The number of aliphatic hydroxyl groups is 1. The van der Waals surface area contributed by atoms with Crippen LogP contribution in [0.4, 0.5) is 5.69 Å². The maximum absolute atomic E-state index is 9.18. The van der Waals surface area contributed by atoms with Gasteiger partial charge in [-0.25, -0.2) is 0 Å². The van der Waals surface area contributed by atoms with Crippen LogP contribution in [0.3, 0.4) is 0 Å². The van der Waals surface area contributed by atoms with Crippen LogP contribution in [0.2, 0.25) is 0 Å². The molecule has 2 rings (SSSR count). The van der Waals surface area contributed by atoms with Crippen molar-refractivity contribution >= 4 is 5.69 Å². The van der Waals surface area contributed by atoms with Crippen molar-refractivity contribution in [2.75, 3.05) is 18.0 Å². The molecule has 0 bridgehead atoms. The van der Waals surface area contributed by atoms with Gasteiger partial charge in [-0.1, -0.05) is 20.8 Å². The largest absolute Gasteiger partial charge is 0.390 e. The van der Waals surface area contributed by atoms with Crippen molar-refractivity contribution < 1.29 is 5.11 Å². The molecule has 0 amide bonds. The van der Waals surface area contributed by atoms with Gasteiger partial charge in [-0.05, 0) is 42.7 Å². The first-order chi connectivity index (χ1) is 9.00. The standard InChI is InChI=1S/C16H26N2O/c1-16(2,3)13-5-4-9-18(10-7-13)15-6-8-17-14(11-15)12-19/h6,8,11,13,19H,4-5,7,9-10,12H2,1-3H3. The molecule has 1 atom stereocenters. The van der Waals surface area contributed by atoms with Crippen molar-refractivity contribution in [3.05, 3.63) is 24.0 Å². The Balaban J connectivity index is 2.06. The number of pyridine rings is 1. The molecule has 1 aliphatic rings. The van der Waals surface area contributed by atoms with Gasteiger partial charge in [0.1, 0.15) is 0 Å². The third-order valence-corrected chi connectivity index (χ3v) is 4.28. The highest BCUT2D eigenvalue weighted by atomic mass is 16.3. The van der Waals surface area contributed by atoms with Crippen molar-refractivity contribution in [3.63, 3.8) is 0 Å². The molecule has 1 unspecified atom stereocenters. The lowest BCUT2D eigenvalue weighted by atomic mass is 9.77. The Morgan fingerprint density at radius 3 is 2.79 bits per heavy atom. The summed E-state index contributed by atoms with van der Waals surface area (Å²) in [6.07, 6.45) is 5.62. The molecule has 3 nitrogen and oxygen atoms in total. The first-order valence-electron chi connectivity index (χ1n) is 7.31. The van der Waals surface area contributed by atoms with Crippen LogP contribution >= 0.6 is 0 Å². The summed E-state index contributed by atoms with van der Waals surface area (Å²) in [7, 11) is 0. The summed E-state index contributed by atoms with van der Waals surface area (Å²) in [5, 5.41) is 9.18. The van der Waals surface area contributed by atoms with Crippen LogP contribution in [0.25, 0.3) is 0 Å². The minimum absolute atomic E-state index is 0.0201. The molecule has 0 spiro atoms. The second kappa shape index (κ2) is 5.91. The molecule has 0 aliphatic carbocycles. The number of aliphatic hydroxyl groups excluding tert-OH is 1. The van der Waals surface area contributed by atoms with Crippen LogP contribution in [0, 0.1) is 11.3 Å². The van der Waals surface area contributed by atoms with E-state index < -0.39 is 0 Å². The third kappa shape index (κ3) is 3.69. The first-order valence-corrected chi connectivity index (χ1v) is 7.31. The fourth-order valence-electron chi connectivity index (χ4n) is 2.97. The van der Waals surface area contributed by atoms with Crippen molar-refractivity contribution in [2.45, 2.75) is 46.6 Å². The first kappa shape index (κ1) is 14.3. The van der Waals surface area contributed by atoms with E-state index in [1.54, 1.807) is 6.20 Å². The van der Waals surface area contributed by atoms with E-state index in [9.17, 15) is 5.11 Å². The summed E-state index contributed by atoms with van der Waals surface area (Å²) in [6.45, 7) is 9.29. The van der Waals surface area contributed by atoms with Gasteiger partial charge in [0, 0.05) is 25.0 Å². The number of hydrogen-bond donors (Lipinski definition) is 1. The Labute approximate surface area is 116 Å². The molecule has 19 heavy (non-hydrogen) atoms. The zero-order chi connectivity index (χ0) is 13.9. The van der Waals surface area contributed by atoms with E-state index in [0.717, 1.165) is 24.7 Å². The molecule has 1 aromatic heterocycles. The van der Waals surface area contributed by atoms with Gasteiger partial charge >= 0.3 is 0 Å². The molecule has 0 aromatic carbocycles. The molecule has 1 saturated heterocycles. The van der Waals surface area contributed by atoms with E-state index in [2.05, 4.69) is 36.7 Å². The summed E-state index contributed by atoms with van der Waals surface area (Å²) < 4.78 is 0. The highest BCUT2D eigenvalue weighted by Gasteiger charge is 2.27. The van der Waals surface area contributed by atoms with Gasteiger partial charge in [0.2, 0.25) is 0 Å². The van der Waals surface area contributed by atoms with E-state index in [0.29, 0.717) is 5.41 Å². The predicted octanol–water partition coefficient (Wildman–Crippen LogP) is 3.23. The quantitative estimate of drug-likeness (QED) is 0.889. The number of anilines is 1. The zero-order valence-corrected chi connectivity index (χ0v) is 12.4. The third-order valence-electron chi connectivity index (χ3n) is 4.28. The van der Waals surface area contributed by atoms with Gasteiger partial charge in [0.25, 0.3) is 0 Å². The van der Waals surface area contributed by atoms with Crippen molar-refractivity contribution in [2.24, 2.45) is 11.3 Å². The molecule has 2 heterocycles. The average molecular weight is 262 g/mol. The maximum atomic E-state index is 9.18. The van der Waals surface area contributed by atoms with Crippen LogP contribution in [0.15, 0.2) is 18.3 Å². The number of hydrogen-bond acceptors (Lipinski definition) is 3. The molecular weight excluding hydrogens is 236 g/mol. The summed E-state index contributed by atoms with van der Waals surface area (Å²) in [5.74, 6) is 0.802. The van der Waals surface area contributed by atoms with Gasteiger partial charge in [-0.2, -0.15) is 0 Å². The van der Waals surface area contributed by atoms with Crippen LogP contribution < -0.4 is 4.90 Å². The van der Waals surface area contributed by atoms with Crippen LogP contribution in [-0.4, -0.2) is 23.2 Å². The number of nitrogens with zero attached hydrogens (tertiary/aromatic N) is 2. The fraction of sp³-hybridized carbons (Fsp3) is 0.688. The van der Waals surface area contributed by atoms with Crippen LogP contribution in [-0.2, 0) is 6.61 Å². The molecule has 1 N–H and O–H groups in total. The predicted molar refractivity (Wildman–Crippen MR) is 79.2 cm³/mol. The smallest absolute Gasteiger partial charge is 0.0853 e. The monoisotopic (exact) mass is 262 g/mol. The lowest BCUT2D eigenvalue weighted by Crippen LogP contribution is -2.26. The number of aromatic nitrogens is 1. The Hall–Kier alpha value is -1.09. The SMILES string of the molecule is CC(C)(C)C1CCCN(c2ccnc(CO)c2)CC1. The van der Waals surface area contributed by atoms with Gasteiger partial charge in [0.05, 0.1) is 12.3 Å². The summed E-state index contributed by atoms with van der Waals surface area (Å²) >= 11 is 0. The highest BCUT2D eigenvalue weighted by Crippen LogP contribution is 2.35. The molecule has 1 fully saturated rings. The molecule has 0 saturated carbocycles. The fourth-order valence-corrected chi connectivity index (χ4v) is 2.97. The summed E-state index contributed by atoms with van der Waals surface area (Å²) in [4.78, 5) is 6.59. The Kier molecular flexibility index (Phi) is 4.46. The highest BCUT2D eigenvalue weighted by molar-refractivity contribution is 5.46. The van der Waals surface area contributed by atoms with Gasteiger partial charge in [0.15, 0.2) is 0 Å². The normalized spacial score (nSPS) is 21.3. The molecule has 106 valence electrons. The topological polar surface area (TPSA) is 36.4 Å². The molecular formula is C16H26N2O. The van der Waals surface area contributed by atoms with E-state index in [-0.39, 0.29) is 6.61 Å². The average Bonchev–Trinajstić information content (AvgIpc) is 2.64. The van der Waals surface area contributed by atoms with E-state index in [1.165, 1.54) is 24.9 Å². The summed E-state index contributed by atoms with van der Waals surface area (Å²) in [5.41, 5.74) is 2.37. The number of rotatable bonds is 2. The lowest BCUT2D eigenvalue weighted by molar-refractivity contribution is 0.220. The molecule has 3 heteroatoms. The molecule has 1 aliphatic heterocycles. The van der Waals surface area contributed by atoms with Gasteiger partial charge < -0.3 is 10.0 Å².